The van der Waals surface area contributed by atoms with Gasteiger partial charge in [0.25, 0.3) is 0 Å². The van der Waals surface area contributed by atoms with Crippen LogP contribution in [0, 0.1) is 0 Å². The second-order valence-electron chi connectivity index (χ2n) is 17.1. The van der Waals surface area contributed by atoms with Crippen molar-refractivity contribution in [3.05, 3.63) is 231 Å². The molecule has 13 aromatic rings. The van der Waals surface area contributed by atoms with Gasteiger partial charge in [0.1, 0.15) is 0 Å². The first kappa shape index (κ1) is 39.1. The zero-order chi connectivity index (χ0) is 45.0. The molecule has 0 N–H and O–H groups in total. The third kappa shape index (κ3) is 7.00. The SMILES string of the molecule is c1ccc2cc(-c3ccc(-c4nnc(-c5ccc(-c6c7ccccc7c(-c7ccc(-c8nnc(-c9ccc(-c%10ccc%11ccccc%11c%10)cc9)o8)cc7)c7ccccc67)cc5)o4)cc3)ccc2c1. The molecular weight excluding hydrogens is 833 g/mol. The summed E-state index contributed by atoms with van der Waals surface area (Å²) in [7, 11) is 0. The third-order valence-electron chi connectivity index (χ3n) is 13.1. The number of benzene rings is 11. The zero-order valence-corrected chi connectivity index (χ0v) is 36.5. The molecular formula is C62H38N4O2. The van der Waals surface area contributed by atoms with Crippen molar-refractivity contribution < 1.29 is 8.83 Å². The van der Waals surface area contributed by atoms with Crippen molar-refractivity contribution in [3.63, 3.8) is 0 Å². The summed E-state index contributed by atoms with van der Waals surface area (Å²) in [6.45, 7) is 0. The van der Waals surface area contributed by atoms with E-state index in [1.807, 2.05) is 24.3 Å². The molecule has 0 amide bonds. The Hall–Kier alpha value is -9.26. The van der Waals surface area contributed by atoms with Crippen LogP contribution in [0.3, 0.4) is 0 Å². The van der Waals surface area contributed by atoms with Crippen molar-refractivity contribution in [3.8, 4) is 90.3 Å². The lowest BCUT2D eigenvalue weighted by molar-refractivity contribution is 0.584. The number of nitrogens with zero attached hydrogens (tertiary/aromatic N) is 4. The Bertz CT molecular complexity index is 3680. The molecule has 0 aliphatic heterocycles. The second kappa shape index (κ2) is 16.3. The minimum absolute atomic E-state index is 0.474. The Morgan fingerprint density at radius 3 is 0.779 bits per heavy atom. The fourth-order valence-corrected chi connectivity index (χ4v) is 9.57. The quantitative estimate of drug-likeness (QED) is 0.142. The summed E-state index contributed by atoms with van der Waals surface area (Å²) in [5.74, 6) is 1.91. The van der Waals surface area contributed by atoms with Gasteiger partial charge in [-0.2, -0.15) is 0 Å². The van der Waals surface area contributed by atoms with Gasteiger partial charge in [0.2, 0.25) is 23.6 Å². The van der Waals surface area contributed by atoms with Gasteiger partial charge in [0.05, 0.1) is 0 Å². The average molecular weight is 871 g/mol. The Kier molecular flexibility index (Phi) is 9.39. The predicted molar refractivity (Wildman–Crippen MR) is 276 cm³/mol. The molecule has 0 spiro atoms. The smallest absolute Gasteiger partial charge is 0.248 e. The van der Waals surface area contributed by atoms with Crippen LogP contribution in [0.1, 0.15) is 0 Å². The molecule has 6 nitrogen and oxygen atoms in total. The van der Waals surface area contributed by atoms with Crippen LogP contribution in [-0.2, 0) is 0 Å². The first-order valence-electron chi connectivity index (χ1n) is 22.7. The molecule has 0 radical (unpaired) electrons. The standard InChI is InChI=1S/C62H38N4O2/c1-3-11-49-37-51(35-21-39(49)9-1)41-17-27-45(28-18-41)59-63-65-61(67-59)47-31-23-43(24-32-47)57-53-13-5-7-15-55(53)58(56-16-8-6-14-54(56)57)44-25-33-48(34-26-44)62-66-64-60(68-62)46-29-19-42(20-30-46)52-36-22-40-10-2-4-12-50(40)38-52/h1-38H. The monoisotopic (exact) mass is 870 g/mol. The highest BCUT2D eigenvalue weighted by atomic mass is 16.4. The lowest BCUT2D eigenvalue weighted by Crippen LogP contribution is -1.91. The maximum Gasteiger partial charge on any atom is 0.248 e. The molecule has 2 aromatic heterocycles. The molecule has 11 aromatic carbocycles. The molecule has 0 aliphatic carbocycles. The van der Waals surface area contributed by atoms with E-state index in [9.17, 15) is 0 Å². The molecule has 0 saturated heterocycles. The Balaban J connectivity index is 0.767. The van der Waals surface area contributed by atoms with Crippen LogP contribution in [0.2, 0.25) is 0 Å². The van der Waals surface area contributed by atoms with Gasteiger partial charge < -0.3 is 8.83 Å². The molecule has 6 heteroatoms. The summed E-state index contributed by atoms with van der Waals surface area (Å²) in [4.78, 5) is 0. The van der Waals surface area contributed by atoms with Crippen molar-refractivity contribution in [1.29, 1.82) is 0 Å². The summed E-state index contributed by atoms with van der Waals surface area (Å²) >= 11 is 0. The fourth-order valence-electron chi connectivity index (χ4n) is 9.57. The molecule has 0 saturated carbocycles. The van der Waals surface area contributed by atoms with Gasteiger partial charge in [-0.05, 0) is 148 Å². The molecule has 0 unspecified atom stereocenters. The van der Waals surface area contributed by atoms with Gasteiger partial charge in [0.15, 0.2) is 0 Å². The summed E-state index contributed by atoms with van der Waals surface area (Å²) in [5, 5.41) is 27.3. The van der Waals surface area contributed by atoms with Crippen molar-refractivity contribution in [1.82, 2.24) is 20.4 Å². The maximum absolute atomic E-state index is 6.26. The van der Waals surface area contributed by atoms with E-state index in [0.717, 1.165) is 55.6 Å². The molecule has 318 valence electrons. The van der Waals surface area contributed by atoms with E-state index in [4.69, 9.17) is 8.83 Å². The predicted octanol–water partition coefficient (Wildman–Crippen LogP) is 16.4. The van der Waals surface area contributed by atoms with E-state index in [1.54, 1.807) is 0 Å². The minimum atomic E-state index is 0.474. The molecule has 68 heavy (non-hydrogen) atoms. The maximum atomic E-state index is 6.26. The molecule has 0 fully saturated rings. The van der Waals surface area contributed by atoms with Gasteiger partial charge >= 0.3 is 0 Å². The van der Waals surface area contributed by atoms with E-state index in [-0.39, 0.29) is 0 Å². The van der Waals surface area contributed by atoms with Crippen molar-refractivity contribution >= 4 is 43.1 Å². The Morgan fingerprint density at radius 2 is 0.456 bits per heavy atom. The van der Waals surface area contributed by atoms with Gasteiger partial charge in [0, 0.05) is 22.3 Å². The molecule has 0 bridgehead atoms. The van der Waals surface area contributed by atoms with Crippen LogP contribution in [0.4, 0.5) is 0 Å². The summed E-state index contributed by atoms with van der Waals surface area (Å²) in [6, 6.07) is 80.7. The number of aromatic nitrogens is 4. The van der Waals surface area contributed by atoms with Crippen LogP contribution in [0.5, 0.6) is 0 Å². The number of hydrogen-bond acceptors (Lipinski definition) is 6. The van der Waals surface area contributed by atoms with Gasteiger partial charge in [-0.3, -0.25) is 0 Å². The lowest BCUT2D eigenvalue weighted by atomic mass is 9.85. The van der Waals surface area contributed by atoms with Crippen LogP contribution >= 0.6 is 0 Å². The first-order valence-corrected chi connectivity index (χ1v) is 22.7. The van der Waals surface area contributed by atoms with Crippen LogP contribution in [-0.4, -0.2) is 20.4 Å². The normalized spacial score (nSPS) is 11.5. The zero-order valence-electron chi connectivity index (χ0n) is 36.5. The molecule has 0 atom stereocenters. The first-order chi connectivity index (χ1) is 33.7. The largest absolute Gasteiger partial charge is 0.416 e. The van der Waals surface area contributed by atoms with E-state index in [1.165, 1.54) is 54.2 Å². The highest BCUT2D eigenvalue weighted by molar-refractivity contribution is 6.21. The van der Waals surface area contributed by atoms with E-state index >= 15 is 0 Å². The second-order valence-corrected chi connectivity index (χ2v) is 17.1. The molecule has 2 heterocycles. The molecule has 0 aliphatic rings. The minimum Gasteiger partial charge on any atom is -0.416 e. The van der Waals surface area contributed by atoms with E-state index in [0.29, 0.717) is 23.6 Å². The number of fused-ring (bicyclic) bond motifs is 4. The van der Waals surface area contributed by atoms with Crippen LogP contribution in [0.25, 0.3) is 133 Å². The number of hydrogen-bond donors (Lipinski definition) is 0. The van der Waals surface area contributed by atoms with Crippen LogP contribution < -0.4 is 0 Å². The number of rotatable bonds is 8. The Morgan fingerprint density at radius 1 is 0.206 bits per heavy atom. The lowest BCUT2D eigenvalue weighted by Gasteiger charge is -2.18. The summed E-state index contributed by atoms with van der Waals surface area (Å²) < 4.78 is 12.5. The molecule has 13 rings (SSSR count). The van der Waals surface area contributed by atoms with Gasteiger partial charge in [-0.15, -0.1) is 20.4 Å². The van der Waals surface area contributed by atoms with Crippen LogP contribution in [0.15, 0.2) is 239 Å². The van der Waals surface area contributed by atoms with Crippen molar-refractivity contribution in [2.75, 3.05) is 0 Å². The van der Waals surface area contributed by atoms with E-state index < -0.39 is 0 Å². The van der Waals surface area contributed by atoms with Crippen molar-refractivity contribution in [2.24, 2.45) is 0 Å². The summed E-state index contributed by atoms with van der Waals surface area (Å²) in [6.07, 6.45) is 0. The third-order valence-corrected chi connectivity index (χ3v) is 13.1. The van der Waals surface area contributed by atoms with Gasteiger partial charge in [-0.1, -0.05) is 170 Å². The highest BCUT2D eigenvalue weighted by Gasteiger charge is 2.19. The average Bonchev–Trinajstić information content (AvgIpc) is 4.12. The Labute approximate surface area is 391 Å². The summed E-state index contributed by atoms with van der Waals surface area (Å²) in [5.41, 5.74) is 12.6. The highest BCUT2D eigenvalue weighted by Crippen LogP contribution is 2.44. The topological polar surface area (TPSA) is 77.8 Å². The van der Waals surface area contributed by atoms with Gasteiger partial charge in [-0.25, -0.2) is 0 Å². The fraction of sp³-hybridized carbons (Fsp3) is 0. The van der Waals surface area contributed by atoms with Crippen molar-refractivity contribution in [2.45, 2.75) is 0 Å². The van der Waals surface area contributed by atoms with E-state index in [2.05, 4.69) is 227 Å².